The maximum absolute atomic E-state index is 12.6. The number of rotatable bonds is 10. The van der Waals surface area contributed by atoms with Gasteiger partial charge in [0.05, 0.1) is 18.7 Å². The zero-order valence-electron chi connectivity index (χ0n) is 25.1. The predicted molar refractivity (Wildman–Crippen MR) is 153 cm³/mol. The molecule has 1 aliphatic rings. The first-order valence-electron chi connectivity index (χ1n) is 14.0. The molecule has 1 saturated carbocycles. The lowest BCUT2D eigenvalue weighted by molar-refractivity contribution is -0.137. The van der Waals surface area contributed by atoms with Crippen molar-refractivity contribution in [3.8, 4) is 0 Å². The van der Waals surface area contributed by atoms with Crippen LogP contribution in [0.15, 0.2) is 39.1 Å². The Bertz CT molecular complexity index is 1160. The van der Waals surface area contributed by atoms with Crippen LogP contribution in [0.3, 0.4) is 0 Å². The molecule has 0 aromatic carbocycles. The number of aromatic nitrogens is 3. The Morgan fingerprint density at radius 1 is 1.00 bits per heavy atom. The van der Waals surface area contributed by atoms with Crippen LogP contribution >= 0.6 is 0 Å². The first-order chi connectivity index (χ1) is 20.0. The van der Waals surface area contributed by atoms with Gasteiger partial charge < -0.3 is 24.3 Å². The largest absolute Gasteiger partial charge is 0.481 e. The fraction of sp³-hybridized carbons (Fsp3) is 0.607. The van der Waals surface area contributed by atoms with Gasteiger partial charge in [-0.25, -0.2) is 9.59 Å². The molecule has 0 aliphatic heterocycles. The minimum absolute atomic E-state index is 0.0499. The maximum Gasteiger partial charge on any atom is 0.361 e. The molecule has 2 aromatic heterocycles. The summed E-state index contributed by atoms with van der Waals surface area (Å²) in [6, 6.07) is 4.40. The molecule has 0 spiro atoms. The van der Waals surface area contributed by atoms with Crippen molar-refractivity contribution in [1.82, 2.24) is 29.8 Å². The van der Waals surface area contributed by atoms with Crippen LogP contribution in [0.2, 0.25) is 0 Å². The van der Waals surface area contributed by atoms with Gasteiger partial charge in [-0.1, -0.05) is 66.4 Å². The van der Waals surface area contributed by atoms with E-state index in [4.69, 9.17) is 4.52 Å². The Morgan fingerprint density at radius 2 is 1.64 bits per heavy atom. The lowest BCUT2D eigenvalue weighted by atomic mass is 9.84. The minimum atomic E-state index is -0.906. The molecule has 14 nitrogen and oxygen atoms in total. The van der Waals surface area contributed by atoms with Gasteiger partial charge in [-0.15, -0.1) is 0 Å². The number of amides is 5. The van der Waals surface area contributed by atoms with Gasteiger partial charge in [-0.3, -0.25) is 14.6 Å². The van der Waals surface area contributed by atoms with Crippen molar-refractivity contribution in [3.05, 3.63) is 41.8 Å². The third-order valence-corrected chi connectivity index (χ3v) is 6.75. The van der Waals surface area contributed by atoms with E-state index in [1.807, 2.05) is 18.2 Å². The van der Waals surface area contributed by atoms with E-state index in [9.17, 15) is 24.3 Å². The number of azo groups is 1. The summed E-state index contributed by atoms with van der Waals surface area (Å²) < 4.78 is 5.30. The molecule has 1 atom stereocenters. The number of nitrogens with zero attached hydrogens (tertiary/aromatic N) is 8. The van der Waals surface area contributed by atoms with Crippen molar-refractivity contribution in [1.29, 1.82) is 0 Å². The van der Waals surface area contributed by atoms with Crippen LogP contribution in [0.25, 0.3) is 0 Å². The molecule has 0 unspecified atom stereocenters. The second-order valence-electron chi connectivity index (χ2n) is 10.7. The number of carbonyl (C=O) groups excluding carboxylic acids is 3. The molecule has 5 amide bonds. The third kappa shape index (κ3) is 12.1. The number of hydrogen-bond donors (Lipinski definition) is 1. The smallest absolute Gasteiger partial charge is 0.361 e. The number of urea groups is 2. The molecule has 42 heavy (non-hydrogen) atoms. The van der Waals surface area contributed by atoms with Gasteiger partial charge in [-0.2, -0.15) is 4.98 Å². The molecule has 3 rings (SSSR count). The molecule has 2 aromatic rings. The number of carbonyl (C=O) groups is 4. The molecule has 1 N–H and O–H groups in total. The average Bonchev–Trinajstić information content (AvgIpc) is 3.46. The van der Waals surface area contributed by atoms with E-state index in [0.717, 1.165) is 24.5 Å². The lowest BCUT2D eigenvalue weighted by Crippen LogP contribution is -2.27. The maximum atomic E-state index is 12.6. The van der Waals surface area contributed by atoms with Gasteiger partial charge in [0.2, 0.25) is 5.89 Å². The van der Waals surface area contributed by atoms with Crippen molar-refractivity contribution in [3.63, 3.8) is 0 Å². The first-order valence-corrected chi connectivity index (χ1v) is 14.0. The second kappa shape index (κ2) is 17.6. The van der Waals surface area contributed by atoms with Crippen molar-refractivity contribution < 1.29 is 28.8 Å². The van der Waals surface area contributed by atoms with E-state index in [2.05, 4.69) is 25.4 Å². The number of pyridine rings is 1. The highest BCUT2D eigenvalue weighted by molar-refractivity contribution is 5.90. The van der Waals surface area contributed by atoms with Gasteiger partial charge in [0, 0.05) is 47.4 Å². The van der Waals surface area contributed by atoms with Crippen LogP contribution in [0.1, 0.15) is 85.9 Å². The van der Waals surface area contributed by atoms with E-state index in [0.29, 0.717) is 13.0 Å². The fourth-order valence-electron chi connectivity index (χ4n) is 4.38. The molecule has 0 bridgehead atoms. The van der Waals surface area contributed by atoms with E-state index < -0.39 is 18.0 Å². The normalized spacial score (nSPS) is 14.0. The van der Waals surface area contributed by atoms with Gasteiger partial charge in [-0.05, 0) is 24.5 Å². The van der Waals surface area contributed by atoms with Crippen LogP contribution in [-0.2, 0) is 11.3 Å². The Hall–Kier alpha value is -4.23. The van der Waals surface area contributed by atoms with Crippen molar-refractivity contribution >= 4 is 23.9 Å². The summed E-state index contributed by atoms with van der Waals surface area (Å²) >= 11 is 0. The predicted octanol–water partition coefficient (Wildman–Crippen LogP) is 4.85. The first kappa shape index (κ1) is 34.0. The summed E-state index contributed by atoms with van der Waals surface area (Å²) in [6.45, 7) is 0.323. The van der Waals surface area contributed by atoms with E-state index in [1.165, 1.54) is 75.0 Å². The number of carboxylic acid groups (broad SMARTS) is 1. The van der Waals surface area contributed by atoms with E-state index in [-0.39, 0.29) is 30.0 Å². The highest BCUT2D eigenvalue weighted by Gasteiger charge is 2.26. The molecule has 1 aliphatic carbocycles. The van der Waals surface area contributed by atoms with Gasteiger partial charge in [0.1, 0.15) is 0 Å². The molecule has 1 fully saturated rings. The van der Waals surface area contributed by atoms with Crippen LogP contribution in [-0.4, -0.2) is 94.1 Å². The van der Waals surface area contributed by atoms with Crippen LogP contribution < -0.4 is 0 Å². The van der Waals surface area contributed by atoms with Crippen molar-refractivity contribution in [2.45, 2.75) is 70.3 Å². The van der Waals surface area contributed by atoms with E-state index in [1.54, 1.807) is 13.2 Å². The average molecular weight is 587 g/mol. The Kier molecular flexibility index (Phi) is 14.2. The Labute approximate surface area is 246 Å². The van der Waals surface area contributed by atoms with Crippen molar-refractivity contribution in [2.24, 2.45) is 16.1 Å². The monoisotopic (exact) mass is 586 g/mol. The molecule has 14 heteroatoms. The number of carboxylic acids is 1. The van der Waals surface area contributed by atoms with Crippen LogP contribution in [0.5, 0.6) is 0 Å². The third-order valence-electron chi connectivity index (χ3n) is 6.75. The summed E-state index contributed by atoms with van der Waals surface area (Å²) in [7, 11) is 7.76. The summed E-state index contributed by atoms with van der Waals surface area (Å²) in [6.07, 6.45) is 10.7. The SMILES string of the molecule is CN(C)C(=O)N=NC(=O)N(C)C.CN(Cc1ccccn1)C(=O)c1noc([C@H](CCCC2CCCCC2)CC(=O)O)n1. The molecular formula is C28H42N8O6. The Balaban J connectivity index is 0.000000435. The number of hydrogen-bond acceptors (Lipinski definition) is 8. The molecule has 230 valence electrons. The zero-order valence-corrected chi connectivity index (χ0v) is 25.1. The summed E-state index contributed by atoms with van der Waals surface area (Å²) in [5, 5.41) is 19.4. The standard InChI is InChI=1S/C22H30N4O4.C6H12N4O2/c1-26(15-18-12-5-6-13-23-18)22(29)20-24-21(30-25-20)17(14-19(27)28)11-7-10-16-8-3-2-4-9-16;1-9(2)5(11)7-8-6(12)10(3)4/h5-6,12-13,16-17H,2-4,7-11,14-15H2,1H3,(H,27,28);1-4H3/t17-;/m1./s1. The Morgan fingerprint density at radius 3 is 2.19 bits per heavy atom. The van der Waals surface area contributed by atoms with Gasteiger partial charge >= 0.3 is 18.0 Å². The summed E-state index contributed by atoms with van der Waals surface area (Å²) in [5.74, 6) is -0.741. The zero-order chi connectivity index (χ0) is 31.1. The summed E-state index contributed by atoms with van der Waals surface area (Å²) in [4.78, 5) is 57.9. The highest BCUT2D eigenvalue weighted by Crippen LogP contribution is 2.31. The molecule has 0 saturated heterocycles. The van der Waals surface area contributed by atoms with Crippen molar-refractivity contribution in [2.75, 3.05) is 35.2 Å². The summed E-state index contributed by atoms with van der Waals surface area (Å²) in [5.41, 5.74) is 0.753. The van der Waals surface area contributed by atoms with Crippen LogP contribution in [0.4, 0.5) is 9.59 Å². The quantitative estimate of drug-likeness (QED) is 0.382. The highest BCUT2D eigenvalue weighted by atomic mass is 16.5. The van der Waals surface area contributed by atoms with E-state index >= 15 is 0 Å². The molecular weight excluding hydrogens is 544 g/mol. The topological polar surface area (TPSA) is 175 Å². The fourth-order valence-corrected chi connectivity index (χ4v) is 4.38. The lowest BCUT2D eigenvalue weighted by Gasteiger charge is -2.21. The number of aliphatic carboxylic acids is 1. The minimum Gasteiger partial charge on any atom is -0.481 e. The second-order valence-corrected chi connectivity index (χ2v) is 10.7. The van der Waals surface area contributed by atoms with Gasteiger partial charge in [0.25, 0.3) is 11.7 Å². The molecule has 0 radical (unpaired) electrons. The molecule has 2 heterocycles. The van der Waals surface area contributed by atoms with Crippen LogP contribution in [0, 0.1) is 5.92 Å². The van der Waals surface area contributed by atoms with Gasteiger partial charge in [0.15, 0.2) is 0 Å².